The minimum atomic E-state index is -0.887. The number of carbonyl (C=O) groups excluding carboxylic acids is 4. The first-order valence-electron chi connectivity index (χ1n) is 7.62. The lowest BCUT2D eigenvalue weighted by Gasteiger charge is -2.36. The van der Waals surface area contributed by atoms with Gasteiger partial charge in [-0.2, -0.15) is 0 Å². The fourth-order valence-corrected chi connectivity index (χ4v) is 3.09. The Bertz CT molecular complexity index is 518. The van der Waals surface area contributed by atoms with Gasteiger partial charge < -0.3 is 10.1 Å². The average Bonchev–Trinajstić information content (AvgIpc) is 2.67. The molecular weight excluding hydrogens is 288 g/mol. The Kier molecular flexibility index (Phi) is 4.53. The number of rotatable bonds is 4. The standard InChI is InChI=1S/C15H22N2O5/c1-9-6-4-5-7-15(9)13(20)17(14(21)16-15)8-12(19)22-11(3)10(2)18/h9,11H,4-8H2,1-3H3,(H,16,21)/t9-,11-,15+/m0/s1. The largest absolute Gasteiger partial charge is 0.453 e. The second kappa shape index (κ2) is 6.06. The first-order valence-corrected chi connectivity index (χ1v) is 7.62. The zero-order valence-electron chi connectivity index (χ0n) is 13.2. The first-order chi connectivity index (χ1) is 10.3. The Morgan fingerprint density at radius 1 is 1.41 bits per heavy atom. The zero-order chi connectivity index (χ0) is 16.5. The van der Waals surface area contributed by atoms with Gasteiger partial charge in [-0.25, -0.2) is 4.79 Å². The lowest BCUT2D eigenvalue weighted by Crippen LogP contribution is -2.54. The summed E-state index contributed by atoms with van der Waals surface area (Å²) in [7, 11) is 0. The summed E-state index contributed by atoms with van der Waals surface area (Å²) in [6, 6.07) is -0.564. The predicted molar refractivity (Wildman–Crippen MR) is 76.8 cm³/mol. The van der Waals surface area contributed by atoms with Gasteiger partial charge in [0.05, 0.1) is 0 Å². The number of ether oxygens (including phenoxy) is 1. The molecule has 0 aromatic heterocycles. The summed E-state index contributed by atoms with van der Waals surface area (Å²) in [5.74, 6) is -1.37. The maximum Gasteiger partial charge on any atom is 0.326 e. The molecule has 1 aliphatic heterocycles. The maximum atomic E-state index is 12.6. The summed E-state index contributed by atoms with van der Waals surface area (Å²) in [5.41, 5.74) is -0.887. The van der Waals surface area contributed by atoms with Crippen LogP contribution >= 0.6 is 0 Å². The van der Waals surface area contributed by atoms with Crippen molar-refractivity contribution in [1.29, 1.82) is 0 Å². The van der Waals surface area contributed by atoms with Crippen molar-refractivity contribution in [2.24, 2.45) is 5.92 Å². The summed E-state index contributed by atoms with van der Waals surface area (Å²) in [4.78, 5) is 48.5. The van der Waals surface area contributed by atoms with Crippen LogP contribution in [0.3, 0.4) is 0 Å². The predicted octanol–water partition coefficient (Wildman–Crippen LogP) is 1.01. The van der Waals surface area contributed by atoms with Gasteiger partial charge in [0.15, 0.2) is 11.9 Å². The van der Waals surface area contributed by atoms with Crippen molar-refractivity contribution in [2.45, 2.75) is 58.1 Å². The number of nitrogens with one attached hydrogen (secondary N) is 1. The number of hydrogen-bond acceptors (Lipinski definition) is 5. The number of nitrogens with zero attached hydrogens (tertiary/aromatic N) is 1. The molecule has 7 heteroatoms. The Morgan fingerprint density at radius 3 is 2.68 bits per heavy atom. The molecule has 22 heavy (non-hydrogen) atoms. The van der Waals surface area contributed by atoms with E-state index in [1.165, 1.54) is 13.8 Å². The van der Waals surface area contributed by atoms with Crippen LogP contribution in [0.2, 0.25) is 0 Å². The first kappa shape index (κ1) is 16.5. The molecule has 1 heterocycles. The van der Waals surface area contributed by atoms with Gasteiger partial charge in [0.2, 0.25) is 0 Å². The Labute approximate surface area is 129 Å². The summed E-state index contributed by atoms with van der Waals surface area (Å²) in [6.45, 7) is 4.24. The number of amides is 3. The van der Waals surface area contributed by atoms with Gasteiger partial charge in [-0.15, -0.1) is 0 Å². The fraction of sp³-hybridized carbons (Fsp3) is 0.733. The van der Waals surface area contributed by atoms with Gasteiger partial charge in [0.25, 0.3) is 5.91 Å². The molecular formula is C15H22N2O5. The van der Waals surface area contributed by atoms with Crippen LogP contribution in [0.25, 0.3) is 0 Å². The van der Waals surface area contributed by atoms with Crippen LogP contribution in [0.5, 0.6) is 0 Å². The van der Waals surface area contributed by atoms with Crippen LogP contribution in [0, 0.1) is 5.92 Å². The average molecular weight is 310 g/mol. The van der Waals surface area contributed by atoms with Crippen LogP contribution < -0.4 is 5.32 Å². The van der Waals surface area contributed by atoms with Crippen molar-refractivity contribution in [3.8, 4) is 0 Å². The van der Waals surface area contributed by atoms with Gasteiger partial charge in [-0.3, -0.25) is 19.3 Å². The molecule has 3 atom stereocenters. The molecule has 1 spiro atoms. The van der Waals surface area contributed by atoms with Crippen molar-refractivity contribution in [2.75, 3.05) is 6.54 Å². The molecule has 0 unspecified atom stereocenters. The third-order valence-corrected chi connectivity index (χ3v) is 4.67. The highest BCUT2D eigenvalue weighted by molar-refractivity contribution is 6.09. The lowest BCUT2D eigenvalue weighted by atomic mass is 9.73. The van der Waals surface area contributed by atoms with E-state index in [0.717, 1.165) is 24.2 Å². The van der Waals surface area contributed by atoms with E-state index in [9.17, 15) is 19.2 Å². The van der Waals surface area contributed by atoms with Crippen molar-refractivity contribution in [1.82, 2.24) is 10.2 Å². The summed E-state index contributed by atoms with van der Waals surface area (Å²) < 4.78 is 4.91. The van der Waals surface area contributed by atoms with E-state index in [1.807, 2.05) is 6.92 Å². The van der Waals surface area contributed by atoms with Crippen LogP contribution in [0.4, 0.5) is 4.79 Å². The SMILES string of the molecule is CC(=O)[C@H](C)OC(=O)CN1C(=O)N[C@@]2(CCCC[C@@H]2C)C1=O. The van der Waals surface area contributed by atoms with Crippen LogP contribution in [-0.4, -0.2) is 46.8 Å². The molecule has 7 nitrogen and oxygen atoms in total. The molecule has 0 aromatic carbocycles. The number of urea groups is 1. The lowest BCUT2D eigenvalue weighted by molar-refractivity contribution is -0.155. The highest BCUT2D eigenvalue weighted by Crippen LogP contribution is 2.38. The maximum absolute atomic E-state index is 12.6. The van der Waals surface area contributed by atoms with E-state index >= 15 is 0 Å². The number of ketones is 1. The Hall–Kier alpha value is -1.92. The van der Waals surface area contributed by atoms with Gasteiger partial charge in [-0.05, 0) is 32.6 Å². The summed E-state index contributed by atoms with van der Waals surface area (Å²) in [5, 5.41) is 2.76. The molecule has 0 bridgehead atoms. The highest BCUT2D eigenvalue weighted by atomic mass is 16.5. The van der Waals surface area contributed by atoms with E-state index in [2.05, 4.69) is 5.32 Å². The number of imide groups is 1. The third kappa shape index (κ3) is 2.84. The Morgan fingerprint density at radius 2 is 2.09 bits per heavy atom. The monoisotopic (exact) mass is 310 g/mol. The fourth-order valence-electron chi connectivity index (χ4n) is 3.09. The minimum absolute atomic E-state index is 0.0369. The topological polar surface area (TPSA) is 92.8 Å². The molecule has 0 aromatic rings. The van der Waals surface area contributed by atoms with Gasteiger partial charge in [-0.1, -0.05) is 19.8 Å². The van der Waals surface area contributed by atoms with Gasteiger partial charge in [0, 0.05) is 0 Å². The molecule has 2 rings (SSSR count). The molecule has 2 fully saturated rings. The van der Waals surface area contributed by atoms with Crippen LogP contribution in [-0.2, 0) is 19.1 Å². The van der Waals surface area contributed by atoms with E-state index in [-0.39, 0.29) is 17.6 Å². The minimum Gasteiger partial charge on any atom is -0.453 e. The smallest absolute Gasteiger partial charge is 0.326 e. The molecule has 1 N–H and O–H groups in total. The molecule has 3 amide bonds. The second-order valence-electron chi connectivity index (χ2n) is 6.18. The molecule has 0 radical (unpaired) electrons. The molecule has 1 aliphatic carbocycles. The zero-order valence-corrected chi connectivity index (χ0v) is 13.2. The normalized spacial score (nSPS) is 29.4. The highest BCUT2D eigenvalue weighted by Gasteiger charge is 2.55. The number of carbonyl (C=O) groups is 4. The van der Waals surface area contributed by atoms with E-state index in [4.69, 9.17) is 4.74 Å². The van der Waals surface area contributed by atoms with Crippen molar-refractivity contribution in [3.05, 3.63) is 0 Å². The molecule has 2 aliphatic rings. The third-order valence-electron chi connectivity index (χ3n) is 4.67. The van der Waals surface area contributed by atoms with Gasteiger partial charge >= 0.3 is 12.0 Å². The second-order valence-corrected chi connectivity index (χ2v) is 6.18. The van der Waals surface area contributed by atoms with Crippen molar-refractivity contribution in [3.63, 3.8) is 0 Å². The summed E-state index contributed by atoms with van der Waals surface area (Å²) >= 11 is 0. The van der Waals surface area contributed by atoms with Crippen LogP contribution in [0.15, 0.2) is 0 Å². The number of Topliss-reactive ketones (excluding diaryl/α,β-unsaturated/α-hetero) is 1. The van der Waals surface area contributed by atoms with E-state index < -0.39 is 30.2 Å². The molecule has 122 valence electrons. The van der Waals surface area contributed by atoms with Crippen molar-refractivity contribution < 1.29 is 23.9 Å². The van der Waals surface area contributed by atoms with E-state index in [1.54, 1.807) is 0 Å². The van der Waals surface area contributed by atoms with Gasteiger partial charge in [0.1, 0.15) is 12.1 Å². The van der Waals surface area contributed by atoms with Crippen LogP contribution in [0.1, 0.15) is 46.5 Å². The summed E-state index contributed by atoms with van der Waals surface area (Å²) in [6.07, 6.45) is 2.48. The quantitative estimate of drug-likeness (QED) is 0.618. The Balaban J connectivity index is 2.06. The number of esters is 1. The number of hydrogen-bond donors (Lipinski definition) is 1. The molecule has 1 saturated carbocycles. The van der Waals surface area contributed by atoms with Crippen molar-refractivity contribution >= 4 is 23.7 Å². The molecule has 1 saturated heterocycles. The van der Waals surface area contributed by atoms with E-state index in [0.29, 0.717) is 6.42 Å².